The van der Waals surface area contributed by atoms with Crippen molar-refractivity contribution in [3.63, 3.8) is 0 Å². The standard InChI is InChI=1S/C19H19N3O4/c1-5-25-19(24)16-15(11(3)23)12(4)26-18(16)22-17-10(2)20-13-8-6-7-9-14(13)21-17/h6-9H,5H2,1-4H3,(H,21,22). The first kappa shape index (κ1) is 17.6. The van der Waals surface area contributed by atoms with Gasteiger partial charge in [0.1, 0.15) is 11.3 Å². The second kappa shape index (κ2) is 6.95. The molecule has 0 unspecified atom stereocenters. The van der Waals surface area contributed by atoms with Crippen LogP contribution in [0.4, 0.5) is 11.7 Å². The van der Waals surface area contributed by atoms with Gasteiger partial charge in [0.2, 0.25) is 5.88 Å². The van der Waals surface area contributed by atoms with Crippen LogP contribution in [0.3, 0.4) is 0 Å². The van der Waals surface area contributed by atoms with Crippen LogP contribution in [0.1, 0.15) is 46.0 Å². The fourth-order valence-electron chi connectivity index (χ4n) is 2.77. The zero-order valence-corrected chi connectivity index (χ0v) is 15.0. The summed E-state index contributed by atoms with van der Waals surface area (Å²) in [5.74, 6) is 0.0125. The first-order valence-electron chi connectivity index (χ1n) is 8.24. The molecule has 1 N–H and O–H groups in total. The van der Waals surface area contributed by atoms with E-state index in [4.69, 9.17) is 9.15 Å². The molecule has 3 rings (SSSR count). The van der Waals surface area contributed by atoms with Crippen molar-refractivity contribution < 1.29 is 18.7 Å². The van der Waals surface area contributed by atoms with Crippen LogP contribution in [-0.2, 0) is 4.74 Å². The number of aryl methyl sites for hydroxylation is 2. The van der Waals surface area contributed by atoms with Crippen molar-refractivity contribution in [2.75, 3.05) is 11.9 Å². The van der Waals surface area contributed by atoms with E-state index in [0.717, 1.165) is 5.52 Å². The van der Waals surface area contributed by atoms with Crippen molar-refractivity contribution in [2.45, 2.75) is 27.7 Å². The predicted molar refractivity (Wildman–Crippen MR) is 97.0 cm³/mol. The number of para-hydroxylation sites is 2. The third-order valence-corrected chi connectivity index (χ3v) is 3.89. The number of hydrogen-bond acceptors (Lipinski definition) is 7. The normalized spacial score (nSPS) is 10.8. The van der Waals surface area contributed by atoms with E-state index in [2.05, 4.69) is 15.3 Å². The molecule has 3 aromatic rings. The lowest BCUT2D eigenvalue weighted by molar-refractivity contribution is 0.0524. The molecule has 0 aliphatic carbocycles. The lowest BCUT2D eigenvalue weighted by Crippen LogP contribution is -2.11. The third-order valence-electron chi connectivity index (χ3n) is 3.89. The molecule has 2 aromatic heterocycles. The lowest BCUT2D eigenvalue weighted by atomic mass is 10.1. The Morgan fingerprint density at radius 2 is 1.77 bits per heavy atom. The van der Waals surface area contributed by atoms with Crippen LogP contribution in [0.25, 0.3) is 11.0 Å². The van der Waals surface area contributed by atoms with Crippen molar-refractivity contribution in [1.29, 1.82) is 0 Å². The van der Waals surface area contributed by atoms with Gasteiger partial charge in [0.05, 0.1) is 28.9 Å². The second-order valence-electron chi connectivity index (χ2n) is 5.79. The average molecular weight is 353 g/mol. The first-order chi connectivity index (χ1) is 12.4. The topological polar surface area (TPSA) is 94.3 Å². The summed E-state index contributed by atoms with van der Waals surface area (Å²) in [7, 11) is 0. The third kappa shape index (κ3) is 3.15. The summed E-state index contributed by atoms with van der Waals surface area (Å²) in [5, 5.41) is 3.00. The highest BCUT2D eigenvalue weighted by Gasteiger charge is 2.28. The second-order valence-corrected chi connectivity index (χ2v) is 5.79. The van der Waals surface area contributed by atoms with E-state index in [1.165, 1.54) is 6.92 Å². The highest BCUT2D eigenvalue weighted by atomic mass is 16.5. The number of benzene rings is 1. The largest absolute Gasteiger partial charge is 0.462 e. The Morgan fingerprint density at radius 3 is 2.38 bits per heavy atom. The van der Waals surface area contributed by atoms with E-state index in [1.54, 1.807) is 20.8 Å². The maximum Gasteiger partial charge on any atom is 0.344 e. The monoisotopic (exact) mass is 353 g/mol. The van der Waals surface area contributed by atoms with Crippen LogP contribution >= 0.6 is 0 Å². The van der Waals surface area contributed by atoms with Crippen molar-refractivity contribution in [3.05, 3.63) is 46.8 Å². The number of rotatable bonds is 5. The number of anilines is 2. The number of ketones is 1. The number of carbonyl (C=O) groups is 2. The number of aromatic nitrogens is 2. The molecule has 2 heterocycles. The number of Topliss-reactive ketones (excluding diaryl/α,β-unsaturated/α-hetero) is 1. The van der Waals surface area contributed by atoms with E-state index in [9.17, 15) is 9.59 Å². The summed E-state index contributed by atoms with van der Waals surface area (Å²) in [4.78, 5) is 33.4. The summed E-state index contributed by atoms with van der Waals surface area (Å²) in [6, 6.07) is 7.46. The zero-order valence-electron chi connectivity index (χ0n) is 15.0. The van der Waals surface area contributed by atoms with Gasteiger partial charge in [-0.05, 0) is 39.8 Å². The van der Waals surface area contributed by atoms with Gasteiger partial charge in [0, 0.05) is 0 Å². The van der Waals surface area contributed by atoms with Gasteiger partial charge in [0.25, 0.3) is 0 Å². The maximum absolute atomic E-state index is 12.4. The molecule has 0 atom stereocenters. The number of ether oxygens (including phenoxy) is 1. The predicted octanol–water partition coefficient (Wildman–Crippen LogP) is 3.96. The smallest absolute Gasteiger partial charge is 0.344 e. The first-order valence-corrected chi connectivity index (χ1v) is 8.24. The molecule has 0 fully saturated rings. The molecule has 0 bridgehead atoms. The minimum Gasteiger partial charge on any atom is -0.462 e. The van der Waals surface area contributed by atoms with Crippen molar-refractivity contribution in [1.82, 2.24) is 9.97 Å². The Morgan fingerprint density at radius 1 is 1.12 bits per heavy atom. The molecule has 26 heavy (non-hydrogen) atoms. The van der Waals surface area contributed by atoms with E-state index in [1.807, 2.05) is 24.3 Å². The van der Waals surface area contributed by atoms with Crippen molar-refractivity contribution >= 4 is 34.5 Å². The Bertz CT molecular complexity index is 1010. The number of nitrogens with one attached hydrogen (secondary N) is 1. The molecule has 0 saturated carbocycles. The summed E-state index contributed by atoms with van der Waals surface area (Å²) in [5.41, 5.74) is 2.38. The van der Waals surface area contributed by atoms with E-state index in [0.29, 0.717) is 22.8 Å². The fourth-order valence-corrected chi connectivity index (χ4v) is 2.77. The molecule has 0 radical (unpaired) electrons. The van der Waals surface area contributed by atoms with Gasteiger partial charge in [0.15, 0.2) is 11.6 Å². The molecule has 0 spiro atoms. The maximum atomic E-state index is 12.4. The van der Waals surface area contributed by atoms with Crippen LogP contribution in [0, 0.1) is 13.8 Å². The molecule has 0 aliphatic rings. The average Bonchev–Trinajstić information content (AvgIpc) is 2.92. The van der Waals surface area contributed by atoms with Gasteiger partial charge < -0.3 is 14.5 Å². The Labute approximate surface area is 150 Å². The van der Waals surface area contributed by atoms with Gasteiger partial charge in [-0.25, -0.2) is 14.8 Å². The lowest BCUT2D eigenvalue weighted by Gasteiger charge is -2.09. The van der Waals surface area contributed by atoms with Crippen LogP contribution in [0.2, 0.25) is 0 Å². The molecule has 0 aliphatic heterocycles. The number of furan rings is 1. The summed E-state index contributed by atoms with van der Waals surface area (Å²) in [6.45, 7) is 6.70. The number of fused-ring (bicyclic) bond motifs is 1. The van der Waals surface area contributed by atoms with Gasteiger partial charge in [-0.15, -0.1) is 0 Å². The van der Waals surface area contributed by atoms with Crippen molar-refractivity contribution in [2.24, 2.45) is 0 Å². The highest BCUT2D eigenvalue weighted by molar-refractivity contribution is 6.09. The number of esters is 1. The number of nitrogens with zero attached hydrogens (tertiary/aromatic N) is 2. The van der Waals surface area contributed by atoms with E-state index >= 15 is 0 Å². The minimum atomic E-state index is -0.622. The molecular weight excluding hydrogens is 334 g/mol. The van der Waals surface area contributed by atoms with Crippen LogP contribution in [0.15, 0.2) is 28.7 Å². The van der Waals surface area contributed by atoms with Gasteiger partial charge in [-0.2, -0.15) is 0 Å². The van der Waals surface area contributed by atoms with Crippen LogP contribution in [-0.4, -0.2) is 28.3 Å². The Balaban J connectivity index is 2.10. The van der Waals surface area contributed by atoms with Gasteiger partial charge >= 0.3 is 5.97 Å². The molecule has 0 saturated heterocycles. The molecule has 0 amide bonds. The van der Waals surface area contributed by atoms with Crippen LogP contribution < -0.4 is 5.32 Å². The number of carbonyl (C=O) groups excluding carboxylic acids is 2. The Kier molecular flexibility index (Phi) is 4.71. The molecule has 1 aromatic carbocycles. The summed E-state index contributed by atoms with van der Waals surface area (Å²) >= 11 is 0. The SMILES string of the molecule is CCOC(=O)c1c(Nc2nc3ccccc3nc2C)oc(C)c1C(C)=O. The Hall–Kier alpha value is -3.22. The van der Waals surface area contributed by atoms with Gasteiger partial charge in [-0.1, -0.05) is 12.1 Å². The molecule has 7 heteroatoms. The van der Waals surface area contributed by atoms with Crippen LogP contribution in [0.5, 0.6) is 0 Å². The summed E-state index contributed by atoms with van der Waals surface area (Å²) in [6.07, 6.45) is 0. The molecule has 7 nitrogen and oxygen atoms in total. The quantitative estimate of drug-likeness (QED) is 0.548. The molecule has 134 valence electrons. The van der Waals surface area contributed by atoms with E-state index < -0.39 is 5.97 Å². The minimum absolute atomic E-state index is 0.0752. The highest BCUT2D eigenvalue weighted by Crippen LogP contribution is 2.31. The fraction of sp³-hybridized carbons (Fsp3) is 0.263. The number of hydrogen-bond donors (Lipinski definition) is 1. The summed E-state index contributed by atoms with van der Waals surface area (Å²) < 4.78 is 10.7. The van der Waals surface area contributed by atoms with E-state index in [-0.39, 0.29) is 29.4 Å². The molecular formula is C19H19N3O4. The van der Waals surface area contributed by atoms with Gasteiger partial charge in [-0.3, -0.25) is 4.79 Å². The van der Waals surface area contributed by atoms with Crippen molar-refractivity contribution in [3.8, 4) is 0 Å². The zero-order chi connectivity index (χ0) is 18.8.